The monoisotopic (exact) mass is 523 g/mol. The Balaban J connectivity index is 1.48. The number of anilines is 2. The molecule has 2 amide bonds. The Bertz CT molecular complexity index is 1410. The zero-order chi connectivity index (χ0) is 25.4. The molecule has 3 aromatic heterocycles. The lowest BCUT2D eigenvalue weighted by molar-refractivity contribution is -0.149. The van der Waals surface area contributed by atoms with Crippen molar-refractivity contribution in [3.05, 3.63) is 35.4 Å². The summed E-state index contributed by atoms with van der Waals surface area (Å²) in [6.07, 6.45) is 4.64. The highest BCUT2D eigenvalue weighted by Crippen LogP contribution is 2.40. The summed E-state index contributed by atoms with van der Waals surface area (Å²) in [5.74, 6) is -0.171. The lowest BCUT2D eigenvalue weighted by Gasteiger charge is -2.36. The van der Waals surface area contributed by atoms with Crippen LogP contribution in [0.5, 0.6) is 0 Å². The minimum atomic E-state index is -0.757. The first-order valence-electron chi connectivity index (χ1n) is 11.5. The van der Waals surface area contributed by atoms with Crippen molar-refractivity contribution in [1.29, 1.82) is 0 Å². The summed E-state index contributed by atoms with van der Waals surface area (Å²) in [6.45, 7) is 5.26. The fourth-order valence-corrected chi connectivity index (χ4v) is 5.96. The minimum absolute atomic E-state index is 0.422. The maximum Gasteiger partial charge on any atom is 0.321 e. The first-order valence-corrected chi connectivity index (χ1v) is 13.3. The summed E-state index contributed by atoms with van der Waals surface area (Å²) < 4.78 is 0.923. The number of nitrogens with two attached hydrogens (primary N) is 1. The van der Waals surface area contributed by atoms with Crippen LogP contribution in [0.3, 0.4) is 0 Å². The van der Waals surface area contributed by atoms with Gasteiger partial charge in [0.1, 0.15) is 0 Å². The number of amides is 2. The van der Waals surface area contributed by atoms with Crippen LogP contribution in [0.25, 0.3) is 32.6 Å². The van der Waals surface area contributed by atoms with Gasteiger partial charge in [-0.3, -0.25) is 9.69 Å². The number of carbonyl (C=O) groups excluding carboxylic acids is 1. The molecule has 4 heterocycles. The summed E-state index contributed by atoms with van der Waals surface area (Å²) >= 11 is 2.92. The van der Waals surface area contributed by atoms with E-state index in [9.17, 15) is 14.7 Å². The maximum atomic E-state index is 11.9. The van der Waals surface area contributed by atoms with E-state index >= 15 is 0 Å². The quantitative estimate of drug-likeness (QED) is 0.377. The van der Waals surface area contributed by atoms with Gasteiger partial charge in [-0.05, 0) is 44.4 Å². The average molecular weight is 524 g/mol. The molecule has 0 saturated carbocycles. The number of piperidine rings is 1. The Kier molecular flexibility index (Phi) is 6.31. The van der Waals surface area contributed by atoms with Gasteiger partial charge in [0.25, 0.3) is 0 Å². The van der Waals surface area contributed by atoms with Crippen LogP contribution in [0.1, 0.15) is 26.7 Å². The van der Waals surface area contributed by atoms with Crippen LogP contribution in [0.4, 0.5) is 15.9 Å². The fourth-order valence-electron chi connectivity index (χ4n) is 4.27. The van der Waals surface area contributed by atoms with Gasteiger partial charge in [0, 0.05) is 48.5 Å². The standard InChI is InChI=1S/C24H25N7O3S2/c1-3-31(21(25)34)23-29-17-9-14(8-16(19(17)36-23)18-12-35-13-28-18)15-10-26-22(27-11-15)30-6-4-24(2,5-7-30)20(32)33/h8-13H,3-7H2,1-2H3,(H2,25,34)(H,32,33). The number of aromatic nitrogens is 4. The normalized spacial score (nSPS) is 15.2. The molecule has 1 aliphatic rings. The number of carbonyl (C=O) groups is 2. The van der Waals surface area contributed by atoms with Gasteiger partial charge in [-0.25, -0.2) is 24.7 Å². The molecule has 10 nitrogen and oxygen atoms in total. The molecule has 12 heteroatoms. The van der Waals surface area contributed by atoms with Crippen molar-refractivity contribution in [2.75, 3.05) is 29.4 Å². The first kappa shape index (κ1) is 24.1. The van der Waals surface area contributed by atoms with Gasteiger partial charge < -0.3 is 15.7 Å². The molecule has 0 atom stereocenters. The van der Waals surface area contributed by atoms with E-state index in [4.69, 9.17) is 10.7 Å². The molecule has 0 spiro atoms. The van der Waals surface area contributed by atoms with E-state index in [2.05, 4.69) is 15.0 Å². The van der Waals surface area contributed by atoms with E-state index in [1.807, 2.05) is 29.3 Å². The molecule has 0 bridgehead atoms. The number of benzene rings is 1. The Morgan fingerprint density at radius 3 is 2.47 bits per heavy atom. The van der Waals surface area contributed by atoms with E-state index in [-0.39, 0.29) is 0 Å². The zero-order valence-corrected chi connectivity index (χ0v) is 21.5. The van der Waals surface area contributed by atoms with Crippen molar-refractivity contribution in [2.24, 2.45) is 11.1 Å². The van der Waals surface area contributed by atoms with E-state index < -0.39 is 17.4 Å². The number of thiazole rings is 2. The topological polar surface area (TPSA) is 138 Å². The Morgan fingerprint density at radius 2 is 1.89 bits per heavy atom. The Hall–Kier alpha value is -3.64. The number of carboxylic acids is 1. The highest BCUT2D eigenvalue weighted by atomic mass is 32.1. The molecule has 5 rings (SSSR count). The fraction of sp³-hybridized carbons (Fsp3) is 0.333. The number of fused-ring (bicyclic) bond motifs is 1. The van der Waals surface area contributed by atoms with Crippen molar-refractivity contribution in [3.63, 3.8) is 0 Å². The van der Waals surface area contributed by atoms with Crippen LogP contribution in [-0.4, -0.2) is 56.7 Å². The number of urea groups is 1. The number of carboxylic acid groups (broad SMARTS) is 1. The molecule has 1 saturated heterocycles. The van der Waals surface area contributed by atoms with Crippen molar-refractivity contribution < 1.29 is 14.7 Å². The third kappa shape index (κ3) is 4.37. The van der Waals surface area contributed by atoms with E-state index in [1.165, 1.54) is 27.6 Å². The second-order valence-electron chi connectivity index (χ2n) is 8.95. The predicted molar refractivity (Wildman–Crippen MR) is 142 cm³/mol. The third-order valence-electron chi connectivity index (χ3n) is 6.64. The largest absolute Gasteiger partial charge is 0.481 e. The van der Waals surface area contributed by atoms with Gasteiger partial charge >= 0.3 is 12.0 Å². The Labute approximate surface area is 215 Å². The summed E-state index contributed by atoms with van der Waals surface area (Å²) in [5, 5.41) is 12.0. The summed E-state index contributed by atoms with van der Waals surface area (Å²) in [7, 11) is 0. The second kappa shape index (κ2) is 9.43. The molecule has 1 fully saturated rings. The number of hydrogen-bond donors (Lipinski definition) is 2. The molecule has 36 heavy (non-hydrogen) atoms. The molecule has 4 aromatic rings. The number of aliphatic carboxylic acids is 1. The van der Waals surface area contributed by atoms with Crippen molar-refractivity contribution >= 4 is 56.0 Å². The van der Waals surface area contributed by atoms with Crippen molar-refractivity contribution in [1.82, 2.24) is 19.9 Å². The average Bonchev–Trinajstić information content (AvgIpc) is 3.54. The van der Waals surface area contributed by atoms with Gasteiger partial charge in [0.05, 0.1) is 26.8 Å². The lowest BCUT2D eigenvalue weighted by atomic mass is 9.80. The van der Waals surface area contributed by atoms with Crippen LogP contribution in [0.15, 0.2) is 35.4 Å². The molecule has 1 aliphatic heterocycles. The maximum absolute atomic E-state index is 11.9. The number of rotatable bonds is 6. The molecule has 3 N–H and O–H groups in total. The Morgan fingerprint density at radius 1 is 1.17 bits per heavy atom. The minimum Gasteiger partial charge on any atom is -0.481 e. The lowest BCUT2D eigenvalue weighted by Crippen LogP contribution is -2.43. The van der Waals surface area contributed by atoms with Gasteiger partial charge in [-0.15, -0.1) is 11.3 Å². The van der Waals surface area contributed by atoms with Crippen LogP contribution in [-0.2, 0) is 4.79 Å². The summed E-state index contributed by atoms with van der Waals surface area (Å²) in [4.78, 5) is 45.3. The van der Waals surface area contributed by atoms with Gasteiger partial charge in [-0.1, -0.05) is 11.3 Å². The zero-order valence-electron chi connectivity index (χ0n) is 19.8. The third-order valence-corrected chi connectivity index (χ3v) is 8.35. The second-order valence-corrected chi connectivity index (χ2v) is 10.6. The smallest absolute Gasteiger partial charge is 0.321 e. The summed E-state index contributed by atoms with van der Waals surface area (Å²) in [6, 6.07) is 3.45. The van der Waals surface area contributed by atoms with E-state index in [0.717, 1.165) is 32.6 Å². The molecule has 0 radical (unpaired) electrons. The van der Waals surface area contributed by atoms with Gasteiger partial charge in [0.15, 0.2) is 5.13 Å². The molecule has 1 aromatic carbocycles. The van der Waals surface area contributed by atoms with Crippen LogP contribution in [0, 0.1) is 5.41 Å². The van der Waals surface area contributed by atoms with Crippen LogP contribution in [0.2, 0.25) is 0 Å². The van der Waals surface area contributed by atoms with Crippen molar-refractivity contribution in [3.8, 4) is 22.4 Å². The number of hydrogen-bond acceptors (Lipinski definition) is 9. The highest BCUT2D eigenvalue weighted by molar-refractivity contribution is 7.23. The van der Waals surface area contributed by atoms with Crippen LogP contribution >= 0.6 is 22.7 Å². The first-order chi connectivity index (χ1) is 17.3. The molecule has 0 aliphatic carbocycles. The summed E-state index contributed by atoms with van der Waals surface area (Å²) in [5.41, 5.74) is 10.8. The molecule has 0 unspecified atom stereocenters. The van der Waals surface area contributed by atoms with Gasteiger partial charge in [0.2, 0.25) is 5.95 Å². The number of nitrogens with zero attached hydrogens (tertiary/aromatic N) is 6. The highest BCUT2D eigenvalue weighted by Gasteiger charge is 2.37. The van der Waals surface area contributed by atoms with Gasteiger partial charge in [-0.2, -0.15) is 0 Å². The molecular weight excluding hydrogens is 498 g/mol. The van der Waals surface area contributed by atoms with E-state index in [0.29, 0.717) is 43.6 Å². The van der Waals surface area contributed by atoms with Crippen LogP contribution < -0.4 is 15.5 Å². The molecular formula is C24H25N7O3S2. The number of primary amides is 1. The van der Waals surface area contributed by atoms with Crippen molar-refractivity contribution in [2.45, 2.75) is 26.7 Å². The molecule has 186 valence electrons. The SMILES string of the molecule is CCN(C(N)=O)c1nc2cc(-c3cnc(N4CCC(C)(C(=O)O)CC4)nc3)cc(-c3cscn3)c2s1. The van der Waals surface area contributed by atoms with E-state index in [1.54, 1.807) is 24.8 Å². The predicted octanol–water partition coefficient (Wildman–Crippen LogP) is 4.47.